The Morgan fingerprint density at radius 3 is 2.83 bits per heavy atom. The van der Waals surface area contributed by atoms with Gasteiger partial charge >= 0.3 is 0 Å². The molecule has 0 spiro atoms. The smallest absolute Gasteiger partial charge is 0.233 e. The van der Waals surface area contributed by atoms with Crippen LogP contribution in [0.1, 0.15) is 19.8 Å². The van der Waals surface area contributed by atoms with Gasteiger partial charge in [0.1, 0.15) is 0 Å². The highest BCUT2D eigenvalue weighted by Gasteiger charge is 2.21. The van der Waals surface area contributed by atoms with Crippen molar-refractivity contribution in [1.29, 1.82) is 0 Å². The molecule has 0 aliphatic carbocycles. The van der Waals surface area contributed by atoms with Crippen molar-refractivity contribution in [2.45, 2.75) is 31.5 Å². The van der Waals surface area contributed by atoms with Gasteiger partial charge in [-0.15, -0.1) is 0 Å². The Labute approximate surface area is 147 Å². The van der Waals surface area contributed by atoms with Crippen molar-refractivity contribution < 1.29 is 9.53 Å². The summed E-state index contributed by atoms with van der Waals surface area (Å²) in [4.78, 5) is 19.2. The summed E-state index contributed by atoms with van der Waals surface area (Å²) in [7, 11) is 1.70. The summed E-state index contributed by atoms with van der Waals surface area (Å²) in [6.07, 6.45) is 2.23. The number of ether oxygens (including phenoxy) is 1. The Bertz CT molecular complexity index is 693. The third-order valence-electron chi connectivity index (χ3n) is 4.60. The van der Waals surface area contributed by atoms with Gasteiger partial charge in [-0.25, -0.2) is 4.98 Å². The van der Waals surface area contributed by atoms with Crippen LogP contribution in [0.5, 0.6) is 0 Å². The molecule has 6 heteroatoms. The van der Waals surface area contributed by atoms with Crippen LogP contribution in [-0.4, -0.2) is 52.9 Å². The molecule has 2 aromatic rings. The van der Waals surface area contributed by atoms with Crippen molar-refractivity contribution in [1.82, 2.24) is 14.5 Å². The normalized spacial score (nSPS) is 16.0. The number of para-hydroxylation sites is 2. The second kappa shape index (κ2) is 8.03. The number of carbonyl (C=O) groups excluding carboxylic acids is 1. The molecular weight excluding hydrogens is 322 g/mol. The molecule has 0 N–H and O–H groups in total. The van der Waals surface area contributed by atoms with E-state index >= 15 is 0 Å². The van der Waals surface area contributed by atoms with Crippen LogP contribution in [0.3, 0.4) is 0 Å². The summed E-state index contributed by atoms with van der Waals surface area (Å²) < 4.78 is 7.36. The summed E-state index contributed by atoms with van der Waals surface area (Å²) in [6.45, 7) is 5.41. The van der Waals surface area contributed by atoms with E-state index in [1.165, 1.54) is 11.8 Å². The maximum atomic E-state index is 12.5. The Balaban J connectivity index is 1.69. The van der Waals surface area contributed by atoms with Gasteiger partial charge in [0.15, 0.2) is 5.16 Å². The van der Waals surface area contributed by atoms with Crippen molar-refractivity contribution in [3.05, 3.63) is 24.3 Å². The molecule has 3 rings (SSSR count). The molecule has 1 amide bonds. The van der Waals surface area contributed by atoms with Crippen LogP contribution in [0.2, 0.25) is 0 Å². The molecular formula is C18H25N3O2S. The van der Waals surface area contributed by atoms with Gasteiger partial charge in [0.2, 0.25) is 5.91 Å². The van der Waals surface area contributed by atoms with Gasteiger partial charge in [-0.05, 0) is 30.9 Å². The number of nitrogens with zero attached hydrogens (tertiary/aromatic N) is 3. The van der Waals surface area contributed by atoms with E-state index in [1.807, 2.05) is 23.1 Å². The van der Waals surface area contributed by atoms with Crippen molar-refractivity contribution in [2.24, 2.45) is 5.92 Å². The second-order valence-electron chi connectivity index (χ2n) is 6.38. The average Bonchev–Trinajstić information content (AvgIpc) is 2.96. The predicted molar refractivity (Wildman–Crippen MR) is 97.3 cm³/mol. The third-order valence-corrected chi connectivity index (χ3v) is 5.56. The molecule has 2 heterocycles. The first-order valence-electron chi connectivity index (χ1n) is 8.54. The molecule has 0 saturated carbocycles. The van der Waals surface area contributed by atoms with Gasteiger partial charge in [0, 0.05) is 26.7 Å². The fourth-order valence-corrected chi connectivity index (χ4v) is 3.98. The lowest BCUT2D eigenvalue weighted by atomic mass is 9.99. The van der Waals surface area contributed by atoms with Gasteiger partial charge in [-0.3, -0.25) is 4.79 Å². The van der Waals surface area contributed by atoms with Gasteiger partial charge < -0.3 is 14.2 Å². The maximum Gasteiger partial charge on any atom is 0.233 e. The number of hydrogen-bond donors (Lipinski definition) is 0. The summed E-state index contributed by atoms with van der Waals surface area (Å²) in [5.41, 5.74) is 2.06. The number of hydrogen-bond acceptors (Lipinski definition) is 4. The SMILES string of the molecule is COCCn1c(SCC(=O)N2CCC(C)CC2)nc2ccccc21. The minimum Gasteiger partial charge on any atom is -0.383 e. The summed E-state index contributed by atoms with van der Waals surface area (Å²) in [5, 5.41) is 0.895. The zero-order valence-electron chi connectivity index (χ0n) is 14.4. The molecule has 0 atom stereocenters. The molecule has 1 aliphatic heterocycles. The van der Waals surface area contributed by atoms with Crippen LogP contribution in [0.15, 0.2) is 29.4 Å². The van der Waals surface area contributed by atoms with Gasteiger partial charge in [0.05, 0.1) is 23.4 Å². The first kappa shape index (κ1) is 17.3. The summed E-state index contributed by atoms with van der Waals surface area (Å²) in [5.74, 6) is 1.40. The van der Waals surface area contributed by atoms with Crippen LogP contribution in [0.4, 0.5) is 0 Å². The molecule has 0 unspecified atom stereocenters. The number of likely N-dealkylation sites (tertiary alicyclic amines) is 1. The zero-order valence-corrected chi connectivity index (χ0v) is 15.2. The van der Waals surface area contributed by atoms with Gasteiger partial charge in [-0.2, -0.15) is 0 Å². The van der Waals surface area contributed by atoms with Crippen LogP contribution in [0.25, 0.3) is 11.0 Å². The number of imidazole rings is 1. The van der Waals surface area contributed by atoms with E-state index in [2.05, 4.69) is 17.6 Å². The number of amides is 1. The minimum atomic E-state index is 0.220. The highest BCUT2D eigenvalue weighted by atomic mass is 32.2. The van der Waals surface area contributed by atoms with Crippen LogP contribution >= 0.6 is 11.8 Å². The molecule has 130 valence electrons. The number of thioether (sulfide) groups is 1. The fourth-order valence-electron chi connectivity index (χ4n) is 3.04. The number of methoxy groups -OCH3 is 1. The Hall–Kier alpha value is -1.53. The highest BCUT2D eigenvalue weighted by molar-refractivity contribution is 7.99. The monoisotopic (exact) mass is 347 g/mol. The Kier molecular flexibility index (Phi) is 5.79. The number of rotatable bonds is 6. The number of carbonyl (C=O) groups is 1. The van der Waals surface area contributed by atoms with Crippen molar-refractivity contribution in [3.63, 3.8) is 0 Å². The van der Waals surface area contributed by atoms with E-state index in [0.717, 1.165) is 54.6 Å². The fraction of sp³-hybridized carbons (Fsp3) is 0.556. The van der Waals surface area contributed by atoms with E-state index in [9.17, 15) is 4.79 Å². The number of aromatic nitrogens is 2. The molecule has 24 heavy (non-hydrogen) atoms. The topological polar surface area (TPSA) is 47.4 Å². The average molecular weight is 347 g/mol. The van der Waals surface area contributed by atoms with E-state index in [0.29, 0.717) is 12.4 Å². The van der Waals surface area contributed by atoms with E-state index in [4.69, 9.17) is 9.72 Å². The molecule has 1 aromatic heterocycles. The molecule has 1 aliphatic rings. The molecule has 0 radical (unpaired) electrons. The molecule has 1 fully saturated rings. The van der Waals surface area contributed by atoms with Crippen molar-refractivity contribution in [2.75, 3.05) is 32.6 Å². The first-order chi connectivity index (χ1) is 11.7. The number of fused-ring (bicyclic) bond motifs is 1. The van der Waals surface area contributed by atoms with Crippen LogP contribution < -0.4 is 0 Å². The van der Waals surface area contributed by atoms with Crippen molar-refractivity contribution in [3.8, 4) is 0 Å². The van der Waals surface area contributed by atoms with Crippen LogP contribution in [-0.2, 0) is 16.1 Å². The lowest BCUT2D eigenvalue weighted by Crippen LogP contribution is -2.38. The number of piperidine rings is 1. The molecule has 1 saturated heterocycles. The van der Waals surface area contributed by atoms with Gasteiger partial charge in [-0.1, -0.05) is 30.8 Å². The second-order valence-corrected chi connectivity index (χ2v) is 7.32. The molecule has 1 aromatic carbocycles. The predicted octanol–water partition coefficient (Wildman–Crippen LogP) is 3.03. The Morgan fingerprint density at radius 2 is 2.08 bits per heavy atom. The van der Waals surface area contributed by atoms with Gasteiger partial charge in [0.25, 0.3) is 0 Å². The van der Waals surface area contributed by atoms with E-state index < -0.39 is 0 Å². The zero-order chi connectivity index (χ0) is 16.9. The van der Waals surface area contributed by atoms with E-state index in [1.54, 1.807) is 7.11 Å². The molecule has 0 bridgehead atoms. The standard InChI is InChI=1S/C18H25N3O2S/c1-14-7-9-20(10-8-14)17(22)13-24-18-19-15-5-3-4-6-16(15)21(18)11-12-23-2/h3-6,14H,7-13H2,1-2H3. The lowest BCUT2D eigenvalue weighted by Gasteiger charge is -2.30. The lowest BCUT2D eigenvalue weighted by molar-refractivity contribution is -0.129. The molecule has 5 nitrogen and oxygen atoms in total. The highest BCUT2D eigenvalue weighted by Crippen LogP contribution is 2.25. The quantitative estimate of drug-likeness (QED) is 0.754. The van der Waals surface area contributed by atoms with Crippen molar-refractivity contribution >= 4 is 28.7 Å². The third kappa shape index (κ3) is 3.92. The summed E-state index contributed by atoms with van der Waals surface area (Å²) in [6, 6.07) is 8.08. The minimum absolute atomic E-state index is 0.220. The van der Waals surface area contributed by atoms with E-state index in [-0.39, 0.29) is 5.91 Å². The maximum absolute atomic E-state index is 12.5. The largest absolute Gasteiger partial charge is 0.383 e. The first-order valence-corrected chi connectivity index (χ1v) is 9.52. The van der Waals surface area contributed by atoms with Crippen LogP contribution in [0, 0.1) is 5.92 Å². The Morgan fingerprint density at radius 1 is 1.33 bits per heavy atom. The summed E-state index contributed by atoms with van der Waals surface area (Å²) >= 11 is 1.53. The number of benzene rings is 1.